The quantitative estimate of drug-likeness (QED) is 0.602. The summed E-state index contributed by atoms with van der Waals surface area (Å²) in [4.78, 5) is 16.8. The molecule has 1 amide bonds. The number of aryl methyl sites for hydroxylation is 1. The maximum Gasteiger partial charge on any atom is 0.237 e. The topological polar surface area (TPSA) is 55.1 Å². The van der Waals surface area contributed by atoms with Crippen molar-refractivity contribution < 1.29 is 9.21 Å². The zero-order valence-corrected chi connectivity index (χ0v) is 16.1. The Morgan fingerprint density at radius 1 is 1.27 bits per heavy atom. The van der Waals surface area contributed by atoms with Crippen LogP contribution < -0.4 is 5.32 Å². The lowest BCUT2D eigenvalue weighted by molar-refractivity contribution is -0.115. The third kappa shape index (κ3) is 4.90. The van der Waals surface area contributed by atoms with Gasteiger partial charge in [-0.1, -0.05) is 23.7 Å². The molecular weight excluding hydrogens is 368 g/mol. The smallest absolute Gasteiger partial charge is 0.237 e. The first kappa shape index (κ1) is 18.5. The largest absolute Gasteiger partial charge is 0.444 e. The molecule has 1 N–H and O–H groups in total. The molecule has 1 atom stereocenters. The van der Waals surface area contributed by atoms with Crippen molar-refractivity contribution in [2.24, 2.45) is 0 Å². The van der Waals surface area contributed by atoms with E-state index in [-0.39, 0.29) is 11.2 Å². The van der Waals surface area contributed by atoms with Gasteiger partial charge in [0.25, 0.3) is 0 Å². The second-order valence-electron chi connectivity index (χ2n) is 5.96. The fourth-order valence-corrected chi connectivity index (χ4v) is 3.24. The number of carbonyl (C=O) groups is 1. The lowest BCUT2D eigenvalue weighted by atomic mass is 10.2. The summed E-state index contributed by atoms with van der Waals surface area (Å²) in [5, 5.41) is 3.41. The highest BCUT2D eigenvalue weighted by Gasteiger charge is 2.15. The van der Waals surface area contributed by atoms with Crippen molar-refractivity contribution in [1.29, 1.82) is 0 Å². The van der Waals surface area contributed by atoms with Crippen molar-refractivity contribution in [3.8, 4) is 11.5 Å². The first-order valence-electron chi connectivity index (χ1n) is 8.21. The van der Waals surface area contributed by atoms with Gasteiger partial charge in [0.05, 0.1) is 10.9 Å². The zero-order chi connectivity index (χ0) is 18.5. The van der Waals surface area contributed by atoms with Crippen LogP contribution in [0.2, 0.25) is 5.02 Å². The van der Waals surface area contributed by atoms with Gasteiger partial charge in [-0.15, -0.1) is 11.8 Å². The lowest BCUT2D eigenvalue weighted by Crippen LogP contribution is -2.22. The molecule has 4 nitrogen and oxygen atoms in total. The van der Waals surface area contributed by atoms with E-state index in [1.165, 1.54) is 11.8 Å². The van der Waals surface area contributed by atoms with Crippen LogP contribution in [0, 0.1) is 6.92 Å². The van der Waals surface area contributed by atoms with Gasteiger partial charge in [0, 0.05) is 22.0 Å². The zero-order valence-electron chi connectivity index (χ0n) is 14.5. The van der Waals surface area contributed by atoms with Gasteiger partial charge >= 0.3 is 0 Å². The van der Waals surface area contributed by atoms with Crippen LogP contribution in [0.25, 0.3) is 11.5 Å². The molecule has 2 aromatic carbocycles. The summed E-state index contributed by atoms with van der Waals surface area (Å²) < 4.78 is 5.52. The van der Waals surface area contributed by atoms with Gasteiger partial charge in [0.2, 0.25) is 11.8 Å². The number of rotatable bonds is 6. The monoisotopic (exact) mass is 386 g/mol. The summed E-state index contributed by atoms with van der Waals surface area (Å²) in [5.74, 6) is 1.12. The highest BCUT2D eigenvalue weighted by atomic mass is 35.5. The molecule has 0 aliphatic heterocycles. The molecule has 3 aromatic rings. The average Bonchev–Trinajstić information content (AvgIpc) is 3.09. The molecule has 6 heteroatoms. The molecule has 0 spiro atoms. The van der Waals surface area contributed by atoms with Gasteiger partial charge in [-0.3, -0.25) is 4.79 Å². The molecule has 0 saturated carbocycles. The summed E-state index contributed by atoms with van der Waals surface area (Å²) in [7, 11) is 0. The fraction of sp³-hybridized carbons (Fsp3) is 0.200. The number of anilines is 1. The number of carbonyl (C=O) groups excluding carboxylic acids is 1. The molecule has 0 saturated heterocycles. The first-order valence-corrected chi connectivity index (χ1v) is 9.63. The molecule has 1 aromatic heterocycles. The summed E-state index contributed by atoms with van der Waals surface area (Å²) in [6, 6.07) is 15.1. The number of halogens is 1. The van der Waals surface area contributed by atoms with Crippen LogP contribution in [0.3, 0.4) is 0 Å². The van der Waals surface area contributed by atoms with Crippen molar-refractivity contribution >= 4 is 35.0 Å². The third-order valence-corrected chi connectivity index (χ3v) is 5.21. The number of nitrogens with one attached hydrogen (secondary N) is 1. The van der Waals surface area contributed by atoms with Crippen LogP contribution in [0.4, 0.5) is 5.69 Å². The van der Waals surface area contributed by atoms with Gasteiger partial charge in [0.1, 0.15) is 6.26 Å². The number of hydrogen-bond acceptors (Lipinski definition) is 4. The first-order chi connectivity index (χ1) is 12.5. The van der Waals surface area contributed by atoms with E-state index in [1.807, 2.05) is 50.2 Å². The van der Waals surface area contributed by atoms with E-state index in [2.05, 4.69) is 10.3 Å². The average molecular weight is 387 g/mol. The normalized spacial score (nSPS) is 12.0. The van der Waals surface area contributed by atoms with Crippen LogP contribution in [0.15, 0.2) is 59.2 Å². The van der Waals surface area contributed by atoms with E-state index in [0.29, 0.717) is 16.7 Å². The second-order valence-corrected chi connectivity index (χ2v) is 7.73. The van der Waals surface area contributed by atoms with E-state index in [1.54, 1.807) is 18.4 Å². The lowest BCUT2D eigenvalue weighted by Gasteiger charge is -2.11. The Kier molecular flexibility index (Phi) is 6.01. The van der Waals surface area contributed by atoms with Gasteiger partial charge in [-0.05, 0) is 55.8 Å². The van der Waals surface area contributed by atoms with Crippen molar-refractivity contribution in [3.05, 3.63) is 71.1 Å². The Morgan fingerprint density at radius 3 is 2.77 bits per heavy atom. The Labute approximate surface area is 162 Å². The maximum atomic E-state index is 12.3. The molecule has 0 aliphatic carbocycles. The van der Waals surface area contributed by atoms with E-state index in [0.717, 1.165) is 22.5 Å². The number of hydrogen-bond donors (Lipinski definition) is 1. The summed E-state index contributed by atoms with van der Waals surface area (Å²) in [5.41, 5.74) is 3.60. The van der Waals surface area contributed by atoms with Crippen LogP contribution in [0.5, 0.6) is 0 Å². The number of thioether (sulfide) groups is 1. The van der Waals surface area contributed by atoms with Crippen LogP contribution in [0.1, 0.15) is 18.2 Å². The molecule has 0 aliphatic rings. The predicted molar refractivity (Wildman–Crippen MR) is 108 cm³/mol. The highest BCUT2D eigenvalue weighted by Crippen LogP contribution is 2.24. The minimum atomic E-state index is -0.203. The Morgan fingerprint density at radius 2 is 2.04 bits per heavy atom. The fourth-order valence-electron chi connectivity index (χ4n) is 2.35. The number of nitrogens with zero attached hydrogens (tertiary/aromatic N) is 1. The van der Waals surface area contributed by atoms with Gasteiger partial charge in [-0.2, -0.15) is 0 Å². The van der Waals surface area contributed by atoms with Crippen molar-refractivity contribution in [2.75, 3.05) is 5.32 Å². The SMILES string of the molecule is Cc1cccc(NC(=O)[C@@H](C)SCc2coc(-c3ccc(Cl)cc3)n2)c1. The minimum Gasteiger partial charge on any atom is -0.444 e. The van der Waals surface area contributed by atoms with Gasteiger partial charge in [0.15, 0.2) is 0 Å². The van der Waals surface area contributed by atoms with Crippen molar-refractivity contribution in [2.45, 2.75) is 24.9 Å². The molecule has 0 radical (unpaired) electrons. The number of benzene rings is 2. The Hall–Kier alpha value is -2.24. The minimum absolute atomic E-state index is 0.0259. The molecule has 1 heterocycles. The maximum absolute atomic E-state index is 12.3. The van der Waals surface area contributed by atoms with Gasteiger partial charge < -0.3 is 9.73 Å². The molecule has 134 valence electrons. The van der Waals surface area contributed by atoms with Crippen LogP contribution in [-0.4, -0.2) is 16.1 Å². The second kappa shape index (κ2) is 8.43. The number of amides is 1. The van der Waals surface area contributed by atoms with E-state index in [9.17, 15) is 4.79 Å². The van der Waals surface area contributed by atoms with E-state index in [4.69, 9.17) is 16.0 Å². The number of aromatic nitrogens is 1. The molecular formula is C20H19ClN2O2S. The summed E-state index contributed by atoms with van der Waals surface area (Å²) in [6.07, 6.45) is 1.63. The molecule has 0 fully saturated rings. The van der Waals surface area contributed by atoms with Crippen LogP contribution in [-0.2, 0) is 10.5 Å². The standard InChI is InChI=1S/C20H19ClN2O2S/c1-13-4-3-5-17(10-13)22-19(24)14(2)26-12-18-11-25-20(23-18)15-6-8-16(21)9-7-15/h3-11,14H,12H2,1-2H3,(H,22,24)/t14-/m1/s1. The Balaban J connectivity index is 1.55. The molecule has 0 unspecified atom stereocenters. The summed E-state index contributed by atoms with van der Waals surface area (Å²) in [6.45, 7) is 3.88. The summed E-state index contributed by atoms with van der Waals surface area (Å²) >= 11 is 7.41. The third-order valence-electron chi connectivity index (χ3n) is 3.78. The van der Waals surface area contributed by atoms with E-state index >= 15 is 0 Å². The number of oxazole rings is 1. The predicted octanol–water partition coefficient (Wildman–Crippen LogP) is 5.56. The van der Waals surface area contributed by atoms with Gasteiger partial charge in [-0.25, -0.2) is 4.98 Å². The highest BCUT2D eigenvalue weighted by molar-refractivity contribution is 7.99. The van der Waals surface area contributed by atoms with Crippen LogP contribution >= 0.6 is 23.4 Å². The molecule has 3 rings (SSSR count). The van der Waals surface area contributed by atoms with E-state index < -0.39 is 0 Å². The van der Waals surface area contributed by atoms with Crippen molar-refractivity contribution in [3.63, 3.8) is 0 Å². The Bertz CT molecular complexity index is 893. The molecule has 26 heavy (non-hydrogen) atoms. The van der Waals surface area contributed by atoms with Crippen molar-refractivity contribution in [1.82, 2.24) is 4.98 Å². The molecule has 0 bridgehead atoms.